The molecule has 2 N–H and O–H groups in total. The van der Waals surface area contributed by atoms with Crippen LogP contribution in [0.1, 0.15) is 11.1 Å². The summed E-state index contributed by atoms with van der Waals surface area (Å²) in [5.41, 5.74) is 10.4. The molecule has 20 heavy (non-hydrogen) atoms. The summed E-state index contributed by atoms with van der Waals surface area (Å²) in [5.74, 6) is 0.382. The summed E-state index contributed by atoms with van der Waals surface area (Å²) >= 11 is 12.5. The molecule has 3 aromatic rings. The molecule has 0 radical (unpaired) electrons. The summed E-state index contributed by atoms with van der Waals surface area (Å²) in [7, 11) is 0. The van der Waals surface area contributed by atoms with Crippen LogP contribution in [0, 0.1) is 13.8 Å². The molecule has 0 aliphatic rings. The van der Waals surface area contributed by atoms with Crippen LogP contribution in [0.3, 0.4) is 0 Å². The standard InChI is InChI=1S/C15H12Cl2N2O/c1-7-3-4-11-10(5-7)19-15(20-11)12-9(16)6-8(2)14(18)13(12)17/h3-6H,18H2,1-2H3. The van der Waals surface area contributed by atoms with E-state index in [9.17, 15) is 0 Å². The lowest BCUT2D eigenvalue weighted by atomic mass is 10.1. The van der Waals surface area contributed by atoms with Gasteiger partial charge in [0.1, 0.15) is 5.52 Å². The molecule has 0 amide bonds. The van der Waals surface area contributed by atoms with E-state index < -0.39 is 0 Å². The first-order valence-electron chi connectivity index (χ1n) is 6.09. The summed E-state index contributed by atoms with van der Waals surface area (Å²) in [4.78, 5) is 4.45. The smallest absolute Gasteiger partial charge is 0.230 e. The van der Waals surface area contributed by atoms with E-state index in [-0.39, 0.29) is 0 Å². The lowest BCUT2D eigenvalue weighted by Gasteiger charge is -2.08. The van der Waals surface area contributed by atoms with Gasteiger partial charge in [-0.15, -0.1) is 0 Å². The van der Waals surface area contributed by atoms with Crippen LogP contribution in [0.25, 0.3) is 22.6 Å². The van der Waals surface area contributed by atoms with Gasteiger partial charge in [0.05, 0.1) is 21.3 Å². The number of anilines is 1. The largest absolute Gasteiger partial charge is 0.436 e. The molecule has 1 heterocycles. The third-order valence-corrected chi connectivity index (χ3v) is 3.91. The average Bonchev–Trinajstić information content (AvgIpc) is 2.78. The van der Waals surface area contributed by atoms with E-state index in [0.717, 1.165) is 16.6 Å². The number of hydrogen-bond donors (Lipinski definition) is 1. The summed E-state index contributed by atoms with van der Waals surface area (Å²) in [6, 6.07) is 7.55. The molecular formula is C15H12Cl2N2O. The van der Waals surface area contributed by atoms with Gasteiger partial charge in [-0.2, -0.15) is 0 Å². The number of nitrogens with two attached hydrogens (primary N) is 1. The monoisotopic (exact) mass is 306 g/mol. The third kappa shape index (κ3) is 2.03. The SMILES string of the molecule is Cc1ccc2oc(-c3c(Cl)cc(C)c(N)c3Cl)nc2c1. The van der Waals surface area contributed by atoms with Crippen LogP contribution in [0.2, 0.25) is 10.0 Å². The Morgan fingerprint density at radius 2 is 1.90 bits per heavy atom. The molecule has 0 unspecified atom stereocenters. The maximum absolute atomic E-state index is 6.29. The Labute approximate surface area is 126 Å². The zero-order chi connectivity index (χ0) is 14.4. The molecule has 2 aromatic carbocycles. The minimum absolute atomic E-state index is 0.373. The van der Waals surface area contributed by atoms with E-state index in [2.05, 4.69) is 4.98 Å². The van der Waals surface area contributed by atoms with Crippen LogP contribution in [-0.4, -0.2) is 4.98 Å². The first-order chi connectivity index (χ1) is 9.47. The first kappa shape index (κ1) is 13.3. The molecule has 0 saturated heterocycles. The Bertz CT molecular complexity index is 824. The van der Waals surface area contributed by atoms with Gasteiger partial charge in [-0.3, -0.25) is 0 Å². The number of benzene rings is 2. The van der Waals surface area contributed by atoms with Gasteiger partial charge >= 0.3 is 0 Å². The number of halogens is 2. The van der Waals surface area contributed by atoms with Crippen molar-refractivity contribution in [3.63, 3.8) is 0 Å². The highest BCUT2D eigenvalue weighted by Gasteiger charge is 2.18. The fourth-order valence-corrected chi connectivity index (χ4v) is 2.81. The summed E-state index contributed by atoms with van der Waals surface area (Å²) < 4.78 is 5.73. The number of nitrogens with zero attached hydrogens (tertiary/aromatic N) is 1. The topological polar surface area (TPSA) is 52.0 Å². The lowest BCUT2D eigenvalue weighted by Crippen LogP contribution is -1.94. The molecule has 0 fully saturated rings. The molecule has 0 spiro atoms. The maximum Gasteiger partial charge on any atom is 0.230 e. The maximum atomic E-state index is 6.29. The van der Waals surface area contributed by atoms with E-state index in [1.54, 1.807) is 6.07 Å². The Morgan fingerprint density at radius 3 is 2.65 bits per heavy atom. The van der Waals surface area contributed by atoms with Gasteiger partial charge in [0, 0.05) is 0 Å². The van der Waals surface area contributed by atoms with Crippen molar-refractivity contribution in [2.45, 2.75) is 13.8 Å². The van der Waals surface area contributed by atoms with Crippen LogP contribution >= 0.6 is 23.2 Å². The number of nitrogen functional groups attached to an aromatic ring is 1. The highest BCUT2D eigenvalue weighted by Crippen LogP contribution is 2.40. The molecule has 0 saturated carbocycles. The summed E-state index contributed by atoms with van der Waals surface area (Å²) in [6.07, 6.45) is 0. The van der Waals surface area contributed by atoms with E-state index >= 15 is 0 Å². The Hall–Kier alpha value is -1.71. The van der Waals surface area contributed by atoms with Crippen molar-refractivity contribution in [1.82, 2.24) is 4.98 Å². The van der Waals surface area contributed by atoms with Crippen LogP contribution in [0.4, 0.5) is 5.69 Å². The van der Waals surface area contributed by atoms with Gasteiger partial charge in [0.25, 0.3) is 0 Å². The van der Waals surface area contributed by atoms with E-state index in [0.29, 0.717) is 32.8 Å². The highest BCUT2D eigenvalue weighted by atomic mass is 35.5. The van der Waals surface area contributed by atoms with Gasteiger partial charge in [-0.25, -0.2) is 4.98 Å². The van der Waals surface area contributed by atoms with Gasteiger partial charge in [-0.1, -0.05) is 29.3 Å². The van der Waals surface area contributed by atoms with Gasteiger partial charge in [0.15, 0.2) is 5.58 Å². The minimum Gasteiger partial charge on any atom is -0.436 e. The van der Waals surface area contributed by atoms with Crippen molar-refractivity contribution < 1.29 is 4.42 Å². The van der Waals surface area contributed by atoms with Crippen molar-refractivity contribution in [2.24, 2.45) is 0 Å². The van der Waals surface area contributed by atoms with E-state index in [1.807, 2.05) is 32.0 Å². The number of fused-ring (bicyclic) bond motifs is 1. The number of oxazole rings is 1. The van der Waals surface area contributed by atoms with Crippen molar-refractivity contribution in [2.75, 3.05) is 5.73 Å². The fraction of sp³-hybridized carbons (Fsp3) is 0.133. The van der Waals surface area contributed by atoms with Crippen molar-refractivity contribution in [3.8, 4) is 11.5 Å². The van der Waals surface area contributed by atoms with Crippen LogP contribution < -0.4 is 5.73 Å². The predicted octanol–water partition coefficient (Wildman–Crippen LogP) is 5.00. The van der Waals surface area contributed by atoms with Crippen LogP contribution in [0.5, 0.6) is 0 Å². The molecule has 3 nitrogen and oxygen atoms in total. The number of aromatic nitrogens is 1. The normalized spacial score (nSPS) is 11.2. The Balaban J connectivity index is 2.28. The van der Waals surface area contributed by atoms with Crippen molar-refractivity contribution >= 4 is 40.0 Å². The number of hydrogen-bond acceptors (Lipinski definition) is 3. The van der Waals surface area contributed by atoms with Crippen molar-refractivity contribution in [3.05, 3.63) is 45.4 Å². The second kappa shape index (κ2) is 4.69. The third-order valence-electron chi connectivity index (χ3n) is 3.22. The van der Waals surface area contributed by atoms with Crippen molar-refractivity contribution in [1.29, 1.82) is 0 Å². The molecule has 1 aromatic heterocycles. The molecular weight excluding hydrogens is 295 g/mol. The molecule has 0 aliphatic heterocycles. The summed E-state index contributed by atoms with van der Waals surface area (Å²) in [6.45, 7) is 3.85. The molecule has 0 bridgehead atoms. The fourth-order valence-electron chi connectivity index (χ4n) is 2.09. The quantitative estimate of drug-likeness (QED) is 0.644. The molecule has 0 atom stereocenters. The zero-order valence-electron chi connectivity index (χ0n) is 11.0. The second-order valence-corrected chi connectivity index (χ2v) is 5.55. The van der Waals surface area contributed by atoms with E-state index in [1.165, 1.54) is 0 Å². The molecule has 0 aliphatic carbocycles. The first-order valence-corrected chi connectivity index (χ1v) is 6.84. The molecule has 5 heteroatoms. The van der Waals surface area contributed by atoms with Crippen LogP contribution in [-0.2, 0) is 0 Å². The highest BCUT2D eigenvalue weighted by molar-refractivity contribution is 6.40. The predicted molar refractivity (Wildman–Crippen MR) is 83.4 cm³/mol. The van der Waals surface area contributed by atoms with Gasteiger partial charge < -0.3 is 10.2 Å². The van der Waals surface area contributed by atoms with Gasteiger partial charge in [0.2, 0.25) is 5.89 Å². The minimum atomic E-state index is 0.373. The Kier molecular flexibility index (Phi) is 3.11. The van der Waals surface area contributed by atoms with E-state index in [4.69, 9.17) is 33.4 Å². The number of aryl methyl sites for hydroxylation is 2. The lowest BCUT2D eigenvalue weighted by molar-refractivity contribution is 0.620. The molecule has 102 valence electrons. The zero-order valence-corrected chi connectivity index (χ0v) is 12.5. The summed E-state index contributed by atoms with van der Waals surface area (Å²) in [5, 5.41) is 0.850. The second-order valence-electron chi connectivity index (χ2n) is 4.77. The molecule has 3 rings (SSSR count). The Morgan fingerprint density at radius 1 is 1.15 bits per heavy atom. The van der Waals surface area contributed by atoms with Crippen LogP contribution in [0.15, 0.2) is 28.7 Å². The average molecular weight is 307 g/mol. The number of rotatable bonds is 1. The van der Waals surface area contributed by atoms with Gasteiger partial charge in [-0.05, 0) is 43.2 Å².